The number of rotatable bonds is 5. The normalized spacial score (nSPS) is 15.9. The monoisotopic (exact) mass is 417 g/mol. The molecule has 3 heterocycles. The molecule has 0 radical (unpaired) electrons. The largest absolute Gasteiger partial charge is 0.497 e. The lowest BCUT2D eigenvalue weighted by Gasteiger charge is -2.34. The molecule has 1 aliphatic rings. The Bertz CT molecular complexity index is 1150. The van der Waals surface area contributed by atoms with Gasteiger partial charge in [-0.25, -0.2) is 0 Å². The van der Waals surface area contributed by atoms with Gasteiger partial charge in [0.1, 0.15) is 17.6 Å². The van der Waals surface area contributed by atoms with E-state index in [9.17, 15) is 10.1 Å². The lowest BCUT2D eigenvalue weighted by Crippen LogP contribution is -2.41. The van der Waals surface area contributed by atoms with Crippen LogP contribution >= 0.6 is 0 Å². The highest BCUT2D eigenvalue weighted by Crippen LogP contribution is 2.31. The zero-order chi connectivity index (χ0) is 22.1. The molecule has 0 saturated carbocycles. The molecule has 160 valence electrons. The van der Waals surface area contributed by atoms with Gasteiger partial charge in [0.25, 0.3) is 0 Å². The van der Waals surface area contributed by atoms with Gasteiger partial charge in [-0.3, -0.25) is 14.3 Å². The van der Waals surface area contributed by atoms with Crippen molar-refractivity contribution in [2.75, 3.05) is 25.5 Å². The molecule has 3 aromatic rings. The van der Waals surface area contributed by atoms with E-state index in [-0.39, 0.29) is 18.5 Å². The number of nitrogens with one attached hydrogen (secondary N) is 1. The van der Waals surface area contributed by atoms with Gasteiger partial charge in [0.05, 0.1) is 19.2 Å². The molecule has 0 spiro atoms. The Balaban J connectivity index is 1.61. The van der Waals surface area contributed by atoms with Gasteiger partial charge < -0.3 is 14.6 Å². The van der Waals surface area contributed by atoms with Gasteiger partial charge >= 0.3 is 0 Å². The highest BCUT2D eigenvalue weighted by molar-refractivity contribution is 5.93. The maximum Gasteiger partial charge on any atom is 0.239 e. The quantitative estimate of drug-likeness (QED) is 0.685. The number of amides is 1. The number of carbonyl (C=O) groups is 1. The van der Waals surface area contributed by atoms with E-state index in [0.717, 1.165) is 35.8 Å². The summed E-state index contributed by atoms with van der Waals surface area (Å²) in [6, 6.07) is 14.1. The average Bonchev–Trinajstić information content (AvgIpc) is 3.34. The Morgan fingerprint density at radius 1 is 1.23 bits per heavy atom. The first-order valence-corrected chi connectivity index (χ1v) is 10.4. The summed E-state index contributed by atoms with van der Waals surface area (Å²) in [5.41, 5.74) is 4.34. The first kappa shape index (κ1) is 20.8. The Hall–Kier alpha value is -3.50. The van der Waals surface area contributed by atoms with Gasteiger partial charge in [-0.1, -0.05) is 0 Å². The molecule has 0 fully saturated rings. The third-order valence-electron chi connectivity index (χ3n) is 6.23. The van der Waals surface area contributed by atoms with Crippen LogP contribution in [0.1, 0.15) is 35.5 Å². The molecule has 1 aliphatic heterocycles. The van der Waals surface area contributed by atoms with Crippen molar-refractivity contribution in [3.05, 3.63) is 65.1 Å². The number of fused-ring (bicyclic) bond motifs is 1. The first-order valence-electron chi connectivity index (χ1n) is 10.4. The van der Waals surface area contributed by atoms with Crippen molar-refractivity contribution in [2.45, 2.75) is 33.4 Å². The fourth-order valence-corrected chi connectivity index (χ4v) is 4.31. The van der Waals surface area contributed by atoms with Gasteiger partial charge in [0.2, 0.25) is 5.91 Å². The number of nitriles is 1. The summed E-state index contributed by atoms with van der Waals surface area (Å²) in [4.78, 5) is 15.2. The third kappa shape index (κ3) is 3.71. The topological polar surface area (TPSA) is 75.2 Å². The van der Waals surface area contributed by atoms with Crippen molar-refractivity contribution in [2.24, 2.45) is 0 Å². The van der Waals surface area contributed by atoms with E-state index >= 15 is 0 Å². The van der Waals surface area contributed by atoms with Gasteiger partial charge in [-0.15, -0.1) is 0 Å². The average molecular weight is 418 g/mol. The minimum atomic E-state index is -0.129. The minimum absolute atomic E-state index is 0.129. The number of carbonyl (C=O) groups excluding carboxylic acids is 1. The van der Waals surface area contributed by atoms with Crippen LogP contribution in [0.15, 0.2) is 42.6 Å². The maximum atomic E-state index is 13.0. The first-order chi connectivity index (χ1) is 14.9. The van der Waals surface area contributed by atoms with Crippen LogP contribution in [0.25, 0.3) is 5.69 Å². The summed E-state index contributed by atoms with van der Waals surface area (Å²) < 4.78 is 9.41. The van der Waals surface area contributed by atoms with Crippen LogP contribution in [0.3, 0.4) is 0 Å². The summed E-state index contributed by atoms with van der Waals surface area (Å²) in [5, 5.41) is 12.8. The zero-order valence-corrected chi connectivity index (χ0v) is 18.3. The number of anilines is 1. The summed E-state index contributed by atoms with van der Waals surface area (Å²) in [6.07, 6.45) is 2.08. The number of methoxy groups -OCH3 is 1. The van der Waals surface area contributed by atoms with E-state index in [1.165, 1.54) is 5.69 Å². The van der Waals surface area contributed by atoms with Crippen LogP contribution < -0.4 is 10.1 Å². The Kier molecular flexibility index (Phi) is 5.57. The van der Waals surface area contributed by atoms with E-state index < -0.39 is 0 Å². The predicted molar refractivity (Wildman–Crippen MR) is 120 cm³/mol. The Morgan fingerprint density at radius 3 is 2.65 bits per heavy atom. The van der Waals surface area contributed by atoms with Crippen LogP contribution in [0.5, 0.6) is 5.75 Å². The summed E-state index contributed by atoms with van der Waals surface area (Å²) in [6.45, 7) is 7.92. The molecule has 0 saturated heterocycles. The molecular formula is C24H27N5O2. The Morgan fingerprint density at radius 2 is 1.97 bits per heavy atom. The standard InChI is InChI=1S/C24H27N5O2/c1-16-17(2)29(19-7-9-20(31-4)10-8-19)24(21(16)14-25)26-23(30)15-28-13-12-27-11-5-6-22(27)18(28)3/h5-11,18H,12-13,15H2,1-4H3,(H,26,30)/t18-/m1/s1. The number of hydrogen-bond donors (Lipinski definition) is 1. The van der Waals surface area contributed by atoms with E-state index in [1.54, 1.807) is 7.11 Å². The molecule has 7 heteroatoms. The molecule has 0 unspecified atom stereocenters. The SMILES string of the molecule is COc1ccc(-n2c(C)c(C)c(C#N)c2NC(=O)CN2CCn3cccc3[C@H]2C)cc1. The fraction of sp³-hybridized carbons (Fsp3) is 0.333. The Labute approximate surface area is 182 Å². The van der Waals surface area contributed by atoms with Gasteiger partial charge in [-0.05, 0) is 62.7 Å². The molecule has 0 aliphatic carbocycles. The van der Waals surface area contributed by atoms with Crippen molar-refractivity contribution in [1.82, 2.24) is 14.0 Å². The highest BCUT2D eigenvalue weighted by atomic mass is 16.5. The van der Waals surface area contributed by atoms with E-state index in [0.29, 0.717) is 11.4 Å². The summed E-state index contributed by atoms with van der Waals surface area (Å²) in [7, 11) is 1.62. The number of hydrogen-bond acceptors (Lipinski definition) is 4. The zero-order valence-electron chi connectivity index (χ0n) is 18.3. The maximum absolute atomic E-state index is 13.0. The number of aromatic nitrogens is 2. The molecule has 1 atom stereocenters. The molecule has 0 bridgehead atoms. The van der Waals surface area contributed by atoms with E-state index in [1.807, 2.05) is 48.7 Å². The second-order valence-corrected chi connectivity index (χ2v) is 7.90. The molecule has 7 nitrogen and oxygen atoms in total. The minimum Gasteiger partial charge on any atom is -0.497 e. The van der Waals surface area contributed by atoms with Gasteiger partial charge in [0.15, 0.2) is 0 Å². The second kappa shape index (κ2) is 8.32. The van der Waals surface area contributed by atoms with Crippen LogP contribution in [0.2, 0.25) is 0 Å². The predicted octanol–water partition coefficient (Wildman–Crippen LogP) is 3.79. The van der Waals surface area contributed by atoms with Crippen molar-refractivity contribution >= 4 is 11.7 Å². The van der Waals surface area contributed by atoms with Crippen molar-refractivity contribution in [1.29, 1.82) is 5.26 Å². The molecule has 1 amide bonds. The molecule has 1 aromatic carbocycles. The molecule has 2 aromatic heterocycles. The van der Waals surface area contributed by atoms with Crippen LogP contribution in [0.4, 0.5) is 5.82 Å². The van der Waals surface area contributed by atoms with E-state index in [2.05, 4.69) is 40.0 Å². The van der Waals surface area contributed by atoms with Gasteiger partial charge in [0, 0.05) is 42.4 Å². The second-order valence-electron chi connectivity index (χ2n) is 7.90. The fourth-order valence-electron chi connectivity index (χ4n) is 4.31. The summed E-state index contributed by atoms with van der Waals surface area (Å²) >= 11 is 0. The van der Waals surface area contributed by atoms with Gasteiger partial charge in [-0.2, -0.15) is 5.26 Å². The van der Waals surface area contributed by atoms with Crippen LogP contribution in [-0.2, 0) is 11.3 Å². The van der Waals surface area contributed by atoms with Crippen molar-refractivity contribution in [3.8, 4) is 17.5 Å². The third-order valence-corrected chi connectivity index (χ3v) is 6.23. The van der Waals surface area contributed by atoms with Crippen molar-refractivity contribution < 1.29 is 9.53 Å². The molecular weight excluding hydrogens is 390 g/mol. The number of nitrogens with zero attached hydrogens (tertiary/aromatic N) is 4. The van der Waals surface area contributed by atoms with E-state index in [4.69, 9.17) is 4.74 Å². The molecule has 1 N–H and O–H groups in total. The summed E-state index contributed by atoms with van der Waals surface area (Å²) in [5.74, 6) is 1.14. The highest BCUT2D eigenvalue weighted by Gasteiger charge is 2.26. The van der Waals surface area contributed by atoms with Crippen molar-refractivity contribution in [3.63, 3.8) is 0 Å². The number of ether oxygens (including phenoxy) is 1. The van der Waals surface area contributed by atoms with Crippen LogP contribution in [-0.4, -0.2) is 40.1 Å². The smallest absolute Gasteiger partial charge is 0.239 e. The molecule has 4 rings (SSSR count). The lowest BCUT2D eigenvalue weighted by molar-refractivity contribution is -0.118. The van der Waals surface area contributed by atoms with Crippen LogP contribution in [0, 0.1) is 25.2 Å². The lowest BCUT2D eigenvalue weighted by atomic mass is 10.1. The number of benzene rings is 1. The molecule has 31 heavy (non-hydrogen) atoms.